The molecule has 1 aliphatic carbocycles. The SMILES string of the molecule is C1CC1.Nc1nc2ccc(-c3cccc(F)c3CCO)cn2c1C=O. The molecule has 0 atom stereocenters. The average molecular weight is 341 g/mol. The van der Waals surface area contributed by atoms with E-state index in [0.29, 0.717) is 23.1 Å². The van der Waals surface area contributed by atoms with Gasteiger partial charge in [-0.25, -0.2) is 9.37 Å². The summed E-state index contributed by atoms with van der Waals surface area (Å²) in [6, 6.07) is 8.24. The molecule has 0 unspecified atom stereocenters. The number of anilines is 1. The molecule has 3 aromatic rings. The number of benzene rings is 1. The van der Waals surface area contributed by atoms with Crippen molar-refractivity contribution in [3.05, 3.63) is 53.6 Å². The average Bonchev–Trinajstić information content (AvgIpc) is 3.45. The van der Waals surface area contributed by atoms with Crippen LogP contribution in [0, 0.1) is 5.82 Å². The Morgan fingerprint density at radius 3 is 2.64 bits per heavy atom. The third-order valence-electron chi connectivity index (χ3n) is 3.94. The van der Waals surface area contributed by atoms with E-state index in [1.54, 1.807) is 34.9 Å². The standard InChI is InChI=1S/C16H14FN3O2.C3H6/c17-13-3-1-2-11(12(13)6-7-21)10-4-5-15-19-16(18)14(9-22)20(15)8-10;1-2-3-1/h1-5,8-9,21H,6-7,18H2;1-3H2. The van der Waals surface area contributed by atoms with Crippen molar-refractivity contribution in [3.63, 3.8) is 0 Å². The summed E-state index contributed by atoms with van der Waals surface area (Å²) in [5.41, 5.74) is 8.32. The molecule has 6 heteroatoms. The molecule has 1 aliphatic rings. The van der Waals surface area contributed by atoms with Crippen LogP contribution >= 0.6 is 0 Å². The zero-order valence-electron chi connectivity index (χ0n) is 13.8. The van der Waals surface area contributed by atoms with Crippen molar-refractivity contribution in [1.29, 1.82) is 0 Å². The molecule has 0 aliphatic heterocycles. The van der Waals surface area contributed by atoms with E-state index in [4.69, 9.17) is 10.8 Å². The van der Waals surface area contributed by atoms with E-state index >= 15 is 0 Å². The number of aldehydes is 1. The van der Waals surface area contributed by atoms with Crippen LogP contribution in [0.4, 0.5) is 10.2 Å². The Morgan fingerprint density at radius 2 is 2.00 bits per heavy atom. The second-order valence-corrected chi connectivity index (χ2v) is 5.95. The predicted octanol–water partition coefficient (Wildman–Crippen LogP) is 3.24. The van der Waals surface area contributed by atoms with Crippen LogP contribution < -0.4 is 5.73 Å². The number of nitrogens with zero attached hydrogens (tertiary/aromatic N) is 2. The van der Waals surface area contributed by atoms with Crippen molar-refractivity contribution in [2.45, 2.75) is 25.7 Å². The topological polar surface area (TPSA) is 80.6 Å². The number of aliphatic hydroxyl groups is 1. The van der Waals surface area contributed by atoms with Crippen LogP contribution in [0.3, 0.4) is 0 Å². The number of carbonyl (C=O) groups excluding carboxylic acids is 1. The number of nitrogen functional groups attached to an aromatic ring is 1. The maximum absolute atomic E-state index is 14.0. The van der Waals surface area contributed by atoms with Crippen molar-refractivity contribution >= 4 is 17.8 Å². The molecule has 1 aromatic carbocycles. The van der Waals surface area contributed by atoms with E-state index in [0.717, 1.165) is 5.56 Å². The van der Waals surface area contributed by atoms with Gasteiger partial charge in [-0.05, 0) is 41.3 Å². The van der Waals surface area contributed by atoms with Crippen molar-refractivity contribution in [1.82, 2.24) is 9.38 Å². The minimum atomic E-state index is -0.368. The number of pyridine rings is 1. The van der Waals surface area contributed by atoms with Crippen LogP contribution in [0.25, 0.3) is 16.8 Å². The summed E-state index contributed by atoms with van der Waals surface area (Å²) < 4.78 is 15.6. The Balaban J connectivity index is 0.000000549. The molecule has 1 fully saturated rings. The number of rotatable bonds is 4. The van der Waals surface area contributed by atoms with Crippen molar-refractivity contribution in [3.8, 4) is 11.1 Å². The second kappa shape index (κ2) is 7.44. The molecule has 3 N–H and O–H groups in total. The number of aromatic nitrogens is 2. The molecule has 0 amide bonds. The Hall–Kier alpha value is -2.73. The third kappa shape index (κ3) is 3.69. The molecular weight excluding hydrogens is 321 g/mol. The molecule has 5 nitrogen and oxygen atoms in total. The fraction of sp³-hybridized carbons (Fsp3) is 0.263. The van der Waals surface area contributed by atoms with Crippen molar-refractivity contribution < 1.29 is 14.3 Å². The van der Waals surface area contributed by atoms with Crippen LogP contribution in [0.15, 0.2) is 36.5 Å². The minimum absolute atomic E-state index is 0.145. The number of halogens is 1. The molecule has 25 heavy (non-hydrogen) atoms. The van der Waals surface area contributed by atoms with Crippen LogP contribution in [0.1, 0.15) is 35.3 Å². The molecule has 2 aromatic heterocycles. The lowest BCUT2D eigenvalue weighted by Gasteiger charge is -2.10. The number of hydrogen-bond acceptors (Lipinski definition) is 4. The first-order chi connectivity index (χ1) is 12.2. The Labute approximate surface area is 144 Å². The summed E-state index contributed by atoms with van der Waals surface area (Å²) in [7, 11) is 0. The first-order valence-electron chi connectivity index (χ1n) is 8.27. The zero-order chi connectivity index (χ0) is 17.8. The highest BCUT2D eigenvalue weighted by atomic mass is 19.1. The lowest BCUT2D eigenvalue weighted by atomic mass is 9.98. The van der Waals surface area contributed by atoms with Gasteiger partial charge < -0.3 is 10.8 Å². The number of imidazole rings is 1. The monoisotopic (exact) mass is 341 g/mol. The molecular formula is C19H20FN3O2. The Kier molecular flexibility index (Phi) is 5.09. The summed E-state index contributed by atoms with van der Waals surface area (Å²) in [6.45, 7) is -0.145. The normalized spacial score (nSPS) is 12.6. The van der Waals surface area contributed by atoms with Crippen LogP contribution in [0.5, 0.6) is 0 Å². The lowest BCUT2D eigenvalue weighted by molar-refractivity contribution is 0.111. The molecule has 2 heterocycles. The van der Waals surface area contributed by atoms with Gasteiger partial charge in [-0.1, -0.05) is 31.4 Å². The number of hydrogen-bond donors (Lipinski definition) is 2. The van der Waals surface area contributed by atoms with E-state index < -0.39 is 0 Å². The first-order valence-corrected chi connectivity index (χ1v) is 8.27. The predicted molar refractivity (Wildman–Crippen MR) is 95.0 cm³/mol. The summed E-state index contributed by atoms with van der Waals surface area (Å²) >= 11 is 0. The van der Waals surface area contributed by atoms with Gasteiger partial charge >= 0.3 is 0 Å². The smallest absolute Gasteiger partial charge is 0.170 e. The van der Waals surface area contributed by atoms with Gasteiger partial charge in [-0.15, -0.1) is 0 Å². The number of nitrogens with two attached hydrogens (primary N) is 1. The van der Waals surface area contributed by atoms with Crippen LogP contribution in [-0.2, 0) is 6.42 Å². The van der Waals surface area contributed by atoms with Gasteiger partial charge in [-0.3, -0.25) is 9.20 Å². The quantitative estimate of drug-likeness (QED) is 0.714. The largest absolute Gasteiger partial charge is 0.396 e. The van der Waals surface area contributed by atoms with E-state index in [9.17, 15) is 9.18 Å². The maximum Gasteiger partial charge on any atom is 0.170 e. The molecule has 1 saturated carbocycles. The molecule has 130 valence electrons. The summed E-state index contributed by atoms with van der Waals surface area (Å²) in [6.07, 6.45) is 7.05. The van der Waals surface area contributed by atoms with Gasteiger partial charge in [0.05, 0.1) is 0 Å². The van der Waals surface area contributed by atoms with Crippen molar-refractivity contribution in [2.24, 2.45) is 0 Å². The van der Waals surface area contributed by atoms with Gasteiger partial charge in [0.15, 0.2) is 12.1 Å². The highest BCUT2D eigenvalue weighted by Gasteiger charge is 2.13. The van der Waals surface area contributed by atoms with Crippen molar-refractivity contribution in [2.75, 3.05) is 12.3 Å². The maximum atomic E-state index is 14.0. The molecule has 0 saturated heterocycles. The van der Waals surface area contributed by atoms with Gasteiger partial charge in [-0.2, -0.15) is 0 Å². The fourth-order valence-electron chi connectivity index (χ4n) is 2.55. The minimum Gasteiger partial charge on any atom is -0.396 e. The molecule has 0 radical (unpaired) electrons. The van der Waals surface area contributed by atoms with Crippen LogP contribution in [-0.4, -0.2) is 27.4 Å². The Morgan fingerprint density at radius 1 is 1.24 bits per heavy atom. The summed E-state index contributed by atoms with van der Waals surface area (Å²) in [4.78, 5) is 15.2. The number of carbonyl (C=O) groups is 1. The summed E-state index contributed by atoms with van der Waals surface area (Å²) in [5, 5.41) is 9.13. The van der Waals surface area contributed by atoms with E-state index in [1.165, 1.54) is 25.3 Å². The highest BCUT2D eigenvalue weighted by Crippen LogP contribution is 2.27. The van der Waals surface area contributed by atoms with E-state index in [-0.39, 0.29) is 30.4 Å². The third-order valence-corrected chi connectivity index (χ3v) is 3.94. The zero-order valence-corrected chi connectivity index (χ0v) is 13.8. The number of fused-ring (bicyclic) bond motifs is 1. The fourth-order valence-corrected chi connectivity index (χ4v) is 2.55. The van der Waals surface area contributed by atoms with Crippen LogP contribution in [0.2, 0.25) is 0 Å². The van der Waals surface area contributed by atoms with E-state index in [1.807, 2.05) is 0 Å². The van der Waals surface area contributed by atoms with Gasteiger partial charge in [0, 0.05) is 12.8 Å². The van der Waals surface area contributed by atoms with Gasteiger partial charge in [0.25, 0.3) is 0 Å². The van der Waals surface area contributed by atoms with Gasteiger partial charge in [0.1, 0.15) is 17.2 Å². The Bertz CT molecular complexity index is 900. The molecule has 0 bridgehead atoms. The molecule has 0 spiro atoms. The number of aliphatic hydroxyl groups excluding tert-OH is 1. The lowest BCUT2D eigenvalue weighted by Crippen LogP contribution is -2.00. The second-order valence-electron chi connectivity index (χ2n) is 5.95. The van der Waals surface area contributed by atoms with E-state index in [2.05, 4.69) is 4.98 Å². The van der Waals surface area contributed by atoms with Gasteiger partial charge in [0.2, 0.25) is 0 Å². The highest BCUT2D eigenvalue weighted by molar-refractivity contribution is 5.82. The molecule has 4 rings (SSSR count). The first kappa shape index (κ1) is 17.1. The summed E-state index contributed by atoms with van der Waals surface area (Å²) in [5.74, 6) is -0.214.